The second-order valence-corrected chi connectivity index (χ2v) is 7.68. The fourth-order valence-electron chi connectivity index (χ4n) is 3.51. The van der Waals surface area contributed by atoms with Crippen LogP contribution in [0.4, 0.5) is 0 Å². The first-order valence-electron chi connectivity index (χ1n) is 7.53. The molecule has 2 atom stereocenters. The smallest absolute Gasteiger partial charge is 0.187 e. The van der Waals surface area contributed by atoms with E-state index in [2.05, 4.69) is 36.9 Å². The van der Waals surface area contributed by atoms with Crippen LogP contribution < -0.4 is 0 Å². The average molecular weight is 455 g/mol. The van der Waals surface area contributed by atoms with Crippen molar-refractivity contribution in [2.24, 2.45) is 10.9 Å². The van der Waals surface area contributed by atoms with Gasteiger partial charge in [0.05, 0.1) is 30.5 Å². The zero-order valence-electron chi connectivity index (χ0n) is 12.6. The van der Waals surface area contributed by atoms with Gasteiger partial charge >= 0.3 is 0 Å². The summed E-state index contributed by atoms with van der Waals surface area (Å²) < 4.78 is 12.5. The van der Waals surface area contributed by atoms with Crippen molar-refractivity contribution in [3.8, 4) is 0 Å². The molecule has 2 unspecified atom stereocenters. The maximum atomic E-state index is 12.6. The number of ether oxygens (including phenoxy) is 2. The molecule has 0 amide bonds. The highest BCUT2D eigenvalue weighted by Crippen LogP contribution is 2.43. The Morgan fingerprint density at radius 3 is 2.54 bits per heavy atom. The molecular weight excluding hydrogens is 442 g/mol. The van der Waals surface area contributed by atoms with E-state index >= 15 is 0 Å². The summed E-state index contributed by atoms with van der Waals surface area (Å²) in [6.07, 6.45) is 0. The Labute approximate surface area is 155 Å². The van der Waals surface area contributed by atoms with Gasteiger partial charge in [-0.25, -0.2) is 0 Å². The molecule has 3 aliphatic rings. The van der Waals surface area contributed by atoms with Gasteiger partial charge in [0.1, 0.15) is 13.2 Å². The zero-order valence-corrected chi connectivity index (χ0v) is 15.7. The number of aliphatic imine (C=N–C) groups is 1. The third-order valence-corrected chi connectivity index (χ3v) is 6.39. The van der Waals surface area contributed by atoms with Crippen LogP contribution in [0.2, 0.25) is 0 Å². The Hall–Kier alpha value is -1.15. The number of ketones is 2. The predicted molar refractivity (Wildman–Crippen MR) is 94.2 cm³/mol. The van der Waals surface area contributed by atoms with Crippen LogP contribution in [0, 0.1) is 5.92 Å². The lowest BCUT2D eigenvalue weighted by molar-refractivity contribution is -0.127. The fourth-order valence-corrected chi connectivity index (χ4v) is 4.15. The number of rotatable bonds is 1. The summed E-state index contributed by atoms with van der Waals surface area (Å²) in [6.45, 7) is 0.704. The monoisotopic (exact) mass is 453 g/mol. The molecule has 0 aliphatic carbocycles. The summed E-state index contributed by atoms with van der Waals surface area (Å²) in [7, 11) is 0. The Bertz CT molecular complexity index is 815. The van der Waals surface area contributed by atoms with Crippen molar-refractivity contribution in [1.82, 2.24) is 0 Å². The second-order valence-electron chi connectivity index (χ2n) is 5.97. The van der Waals surface area contributed by atoms with Gasteiger partial charge in [-0.1, -0.05) is 6.07 Å². The Morgan fingerprint density at radius 1 is 0.958 bits per heavy atom. The standard InChI is InChI=1S/C17H13Br2NO4/c18-9-2-1-8(3-10(9)19)15-16-11(4-23-6-13(16)21)20-12-5-24-7-14(22)17(12)15/h1-3,15-16H,4-7H2. The number of carbonyl (C=O) groups is 2. The summed E-state index contributed by atoms with van der Waals surface area (Å²) in [5.41, 5.74) is 2.84. The van der Waals surface area contributed by atoms with Crippen LogP contribution in [0.15, 0.2) is 43.4 Å². The Morgan fingerprint density at radius 2 is 1.75 bits per heavy atom. The maximum Gasteiger partial charge on any atom is 0.187 e. The molecule has 0 radical (unpaired) electrons. The van der Waals surface area contributed by atoms with E-state index in [1.165, 1.54) is 0 Å². The Balaban J connectivity index is 1.91. The lowest BCUT2D eigenvalue weighted by atomic mass is 9.71. The summed E-state index contributed by atoms with van der Waals surface area (Å²) in [5.74, 6) is -0.894. The molecule has 4 rings (SSSR count). The number of hydrogen-bond donors (Lipinski definition) is 0. The summed E-state index contributed by atoms with van der Waals surface area (Å²) in [6, 6.07) is 5.81. The first-order valence-corrected chi connectivity index (χ1v) is 9.11. The molecule has 1 aromatic rings. The van der Waals surface area contributed by atoms with Gasteiger partial charge in [0.15, 0.2) is 11.6 Å². The van der Waals surface area contributed by atoms with Gasteiger partial charge in [-0.3, -0.25) is 14.6 Å². The molecule has 0 N–H and O–H groups in total. The topological polar surface area (TPSA) is 65.0 Å². The van der Waals surface area contributed by atoms with Gasteiger partial charge in [-0.2, -0.15) is 0 Å². The third-order valence-electron chi connectivity index (χ3n) is 4.51. The molecule has 1 aromatic carbocycles. The van der Waals surface area contributed by atoms with Gasteiger partial charge in [-0.15, -0.1) is 0 Å². The van der Waals surface area contributed by atoms with Crippen molar-refractivity contribution in [3.05, 3.63) is 44.0 Å². The van der Waals surface area contributed by atoms with E-state index in [-0.39, 0.29) is 30.7 Å². The lowest BCUT2D eigenvalue weighted by Crippen LogP contribution is -2.45. The SMILES string of the molecule is O=C1COCC2=C1C(c1ccc(Br)c(Br)c1)C1C(=O)COCC1=N2. The van der Waals surface area contributed by atoms with Gasteiger partial charge in [0.25, 0.3) is 0 Å². The number of nitrogens with zero attached hydrogens (tertiary/aromatic N) is 1. The average Bonchev–Trinajstić information content (AvgIpc) is 2.56. The molecule has 5 nitrogen and oxygen atoms in total. The van der Waals surface area contributed by atoms with Crippen molar-refractivity contribution >= 4 is 49.1 Å². The lowest BCUT2D eigenvalue weighted by Gasteiger charge is -2.37. The highest BCUT2D eigenvalue weighted by molar-refractivity contribution is 9.13. The largest absolute Gasteiger partial charge is 0.368 e. The van der Waals surface area contributed by atoms with Crippen LogP contribution >= 0.6 is 31.9 Å². The normalized spacial score (nSPS) is 26.8. The number of hydrogen-bond acceptors (Lipinski definition) is 5. The molecule has 1 fully saturated rings. The second kappa shape index (κ2) is 6.29. The highest BCUT2D eigenvalue weighted by Gasteiger charge is 2.45. The van der Waals surface area contributed by atoms with Crippen LogP contribution in [0.5, 0.6) is 0 Å². The van der Waals surface area contributed by atoms with E-state index in [0.29, 0.717) is 30.2 Å². The maximum absolute atomic E-state index is 12.6. The summed E-state index contributed by atoms with van der Waals surface area (Å²) in [5, 5.41) is 0. The number of halogens is 2. The molecule has 1 saturated heterocycles. The minimum Gasteiger partial charge on any atom is -0.368 e. The van der Waals surface area contributed by atoms with Crippen molar-refractivity contribution in [1.29, 1.82) is 0 Å². The van der Waals surface area contributed by atoms with Crippen LogP contribution in [0.3, 0.4) is 0 Å². The highest BCUT2D eigenvalue weighted by atomic mass is 79.9. The molecule has 124 valence electrons. The van der Waals surface area contributed by atoms with Gasteiger partial charge in [0.2, 0.25) is 0 Å². The molecule has 3 heterocycles. The van der Waals surface area contributed by atoms with Gasteiger partial charge in [-0.05, 0) is 49.6 Å². The van der Waals surface area contributed by atoms with Gasteiger partial charge in [0, 0.05) is 20.4 Å². The van der Waals surface area contributed by atoms with Crippen LogP contribution in [-0.4, -0.2) is 43.7 Å². The molecule has 24 heavy (non-hydrogen) atoms. The molecule has 0 bridgehead atoms. The minimum absolute atomic E-state index is 0.0325. The van der Waals surface area contributed by atoms with E-state index in [1.54, 1.807) is 0 Å². The fraction of sp³-hybridized carbons (Fsp3) is 0.353. The van der Waals surface area contributed by atoms with Crippen LogP contribution in [0.25, 0.3) is 0 Å². The quantitative estimate of drug-likeness (QED) is 0.654. The molecule has 0 aromatic heterocycles. The van der Waals surface area contributed by atoms with Crippen molar-refractivity contribution in [2.45, 2.75) is 5.92 Å². The van der Waals surface area contributed by atoms with E-state index in [1.807, 2.05) is 18.2 Å². The van der Waals surface area contributed by atoms with Crippen molar-refractivity contribution in [3.63, 3.8) is 0 Å². The number of carbonyl (C=O) groups excluding carboxylic acids is 2. The summed E-state index contributed by atoms with van der Waals surface area (Å²) in [4.78, 5) is 29.6. The van der Waals surface area contributed by atoms with E-state index in [0.717, 1.165) is 14.5 Å². The Kier molecular flexibility index (Phi) is 4.28. The van der Waals surface area contributed by atoms with Crippen molar-refractivity contribution in [2.75, 3.05) is 26.4 Å². The van der Waals surface area contributed by atoms with Crippen LogP contribution in [0.1, 0.15) is 11.5 Å². The molecule has 7 heteroatoms. The van der Waals surface area contributed by atoms with E-state index < -0.39 is 5.92 Å². The molecule has 0 spiro atoms. The number of Topliss-reactive ketones (excluding diaryl/α,β-unsaturated/α-hetero) is 2. The van der Waals surface area contributed by atoms with Gasteiger partial charge < -0.3 is 9.47 Å². The van der Waals surface area contributed by atoms with E-state index in [9.17, 15) is 9.59 Å². The van der Waals surface area contributed by atoms with Crippen molar-refractivity contribution < 1.29 is 19.1 Å². The summed E-state index contributed by atoms with van der Waals surface area (Å²) >= 11 is 6.96. The van der Waals surface area contributed by atoms with E-state index in [4.69, 9.17) is 9.47 Å². The number of benzene rings is 1. The zero-order chi connectivity index (χ0) is 16.8. The first-order chi connectivity index (χ1) is 11.6. The number of fused-ring (bicyclic) bond motifs is 1. The molecule has 0 saturated carbocycles. The minimum atomic E-state index is -0.437. The molecule has 3 aliphatic heterocycles. The first kappa shape index (κ1) is 16.3. The van der Waals surface area contributed by atoms with Crippen LogP contribution in [-0.2, 0) is 19.1 Å². The molecular formula is C17H13Br2NO4. The third kappa shape index (κ3) is 2.63. The predicted octanol–water partition coefficient (Wildman–Crippen LogP) is 2.82.